The first kappa shape index (κ1) is 17.0. The molecule has 19 heavy (non-hydrogen) atoms. The molecule has 0 N–H and O–H groups in total. The largest absolute Gasteiger partial charge is 0.373 e. The molecular formula is C18H36O. The fourth-order valence-corrected chi connectivity index (χ4v) is 2.75. The van der Waals surface area contributed by atoms with Crippen LogP contribution in [-0.2, 0) is 4.74 Å². The van der Waals surface area contributed by atoms with Gasteiger partial charge in [0.25, 0.3) is 0 Å². The highest BCUT2D eigenvalue weighted by Crippen LogP contribution is 2.18. The number of unbranched alkanes of at least 4 members (excludes halogenated alkanes) is 10. The molecule has 1 unspecified atom stereocenters. The molecule has 0 saturated carbocycles. The minimum Gasteiger partial charge on any atom is -0.373 e. The van der Waals surface area contributed by atoms with E-state index in [1.54, 1.807) is 0 Å². The molecule has 1 rings (SSSR count). The van der Waals surface area contributed by atoms with Crippen LogP contribution in [-0.4, -0.2) is 12.7 Å². The highest BCUT2D eigenvalue weighted by atomic mass is 16.6. The Morgan fingerprint density at radius 2 is 1.16 bits per heavy atom. The summed E-state index contributed by atoms with van der Waals surface area (Å²) in [6.07, 6.45) is 19.3. The summed E-state index contributed by atoms with van der Waals surface area (Å²) in [5.74, 6) is 0.895. The maximum Gasteiger partial charge on any atom is 0.0810 e. The van der Waals surface area contributed by atoms with Gasteiger partial charge in [0, 0.05) is 0 Å². The maximum absolute atomic E-state index is 5.22. The zero-order valence-electron chi connectivity index (χ0n) is 13.5. The highest BCUT2D eigenvalue weighted by Gasteiger charge is 2.20. The summed E-state index contributed by atoms with van der Waals surface area (Å²) in [7, 11) is 0. The average Bonchev–Trinajstić information content (AvgIpc) is 3.18. The summed E-state index contributed by atoms with van der Waals surface area (Å²) in [5, 5.41) is 0. The van der Waals surface area contributed by atoms with Gasteiger partial charge in [0.05, 0.1) is 12.7 Å². The van der Waals surface area contributed by atoms with Gasteiger partial charge in [-0.1, -0.05) is 90.9 Å². The van der Waals surface area contributed by atoms with Gasteiger partial charge in [-0.25, -0.2) is 0 Å². The first-order valence-corrected chi connectivity index (χ1v) is 8.90. The molecule has 0 radical (unpaired) electrons. The van der Waals surface area contributed by atoms with Crippen molar-refractivity contribution < 1.29 is 4.74 Å². The standard InChI is InChI=1S/C18H36O/c1-17(2)14-12-10-8-6-4-3-5-7-9-11-13-15-18-16-19-18/h17-18H,3-16H2,1-2H3. The molecule has 1 saturated heterocycles. The second-order valence-electron chi connectivity index (χ2n) is 6.82. The minimum absolute atomic E-state index is 0.649. The average molecular weight is 268 g/mol. The van der Waals surface area contributed by atoms with Crippen LogP contribution in [0.5, 0.6) is 0 Å². The smallest absolute Gasteiger partial charge is 0.0810 e. The SMILES string of the molecule is CC(C)CCCCCCCCCCCCCC1CO1. The molecule has 1 nitrogen and oxygen atoms in total. The Morgan fingerprint density at radius 3 is 1.58 bits per heavy atom. The van der Waals surface area contributed by atoms with Gasteiger partial charge < -0.3 is 4.74 Å². The maximum atomic E-state index is 5.22. The van der Waals surface area contributed by atoms with Crippen molar-refractivity contribution >= 4 is 0 Å². The van der Waals surface area contributed by atoms with E-state index < -0.39 is 0 Å². The number of hydrogen-bond acceptors (Lipinski definition) is 1. The molecule has 1 aliphatic rings. The first-order valence-electron chi connectivity index (χ1n) is 8.90. The molecule has 1 heteroatoms. The Balaban J connectivity index is 1.62. The molecule has 114 valence electrons. The van der Waals surface area contributed by atoms with Crippen LogP contribution in [0.4, 0.5) is 0 Å². The van der Waals surface area contributed by atoms with E-state index in [1.807, 2.05) is 0 Å². The molecule has 0 amide bonds. The Hall–Kier alpha value is -0.0400. The summed E-state index contributed by atoms with van der Waals surface area (Å²) in [6.45, 7) is 5.70. The van der Waals surface area contributed by atoms with Crippen LogP contribution in [0.1, 0.15) is 97.3 Å². The van der Waals surface area contributed by atoms with E-state index in [4.69, 9.17) is 4.74 Å². The molecular weight excluding hydrogens is 232 g/mol. The number of hydrogen-bond donors (Lipinski definition) is 0. The van der Waals surface area contributed by atoms with Crippen LogP contribution < -0.4 is 0 Å². The summed E-state index contributed by atoms with van der Waals surface area (Å²) in [6, 6.07) is 0. The predicted octanol–water partition coefficient (Wildman–Crippen LogP) is 6.11. The Morgan fingerprint density at radius 1 is 0.737 bits per heavy atom. The van der Waals surface area contributed by atoms with Gasteiger partial charge in [-0.05, 0) is 12.3 Å². The van der Waals surface area contributed by atoms with E-state index in [2.05, 4.69) is 13.8 Å². The topological polar surface area (TPSA) is 12.5 Å². The summed E-state index contributed by atoms with van der Waals surface area (Å²) in [4.78, 5) is 0. The second kappa shape index (κ2) is 11.8. The molecule has 1 aliphatic heterocycles. The van der Waals surface area contributed by atoms with Gasteiger partial charge in [0.15, 0.2) is 0 Å². The van der Waals surface area contributed by atoms with Crippen LogP contribution >= 0.6 is 0 Å². The van der Waals surface area contributed by atoms with Crippen molar-refractivity contribution in [3.05, 3.63) is 0 Å². The molecule has 0 aromatic heterocycles. The fourth-order valence-electron chi connectivity index (χ4n) is 2.75. The monoisotopic (exact) mass is 268 g/mol. The van der Waals surface area contributed by atoms with Gasteiger partial charge in [-0.15, -0.1) is 0 Å². The predicted molar refractivity (Wildman–Crippen MR) is 84.6 cm³/mol. The van der Waals surface area contributed by atoms with Crippen LogP contribution in [0.15, 0.2) is 0 Å². The molecule has 0 spiro atoms. The third-order valence-corrected chi connectivity index (χ3v) is 4.21. The zero-order valence-corrected chi connectivity index (χ0v) is 13.5. The summed E-state index contributed by atoms with van der Waals surface area (Å²) in [5.41, 5.74) is 0. The molecule has 0 bridgehead atoms. The first-order chi connectivity index (χ1) is 9.29. The second-order valence-corrected chi connectivity index (χ2v) is 6.82. The van der Waals surface area contributed by atoms with Crippen molar-refractivity contribution in [3.8, 4) is 0 Å². The van der Waals surface area contributed by atoms with E-state index in [9.17, 15) is 0 Å². The Bertz CT molecular complexity index is 172. The molecule has 1 heterocycles. The lowest BCUT2D eigenvalue weighted by Gasteiger charge is -2.04. The van der Waals surface area contributed by atoms with E-state index in [1.165, 1.54) is 83.5 Å². The van der Waals surface area contributed by atoms with Crippen LogP contribution in [0.3, 0.4) is 0 Å². The van der Waals surface area contributed by atoms with Crippen molar-refractivity contribution in [1.29, 1.82) is 0 Å². The number of rotatable bonds is 14. The lowest BCUT2D eigenvalue weighted by Crippen LogP contribution is -1.87. The molecule has 1 fully saturated rings. The minimum atomic E-state index is 0.649. The van der Waals surface area contributed by atoms with Crippen molar-refractivity contribution in [2.24, 2.45) is 5.92 Å². The van der Waals surface area contributed by atoms with Crippen molar-refractivity contribution in [3.63, 3.8) is 0 Å². The fraction of sp³-hybridized carbons (Fsp3) is 1.00. The lowest BCUT2D eigenvalue weighted by atomic mass is 10.0. The van der Waals surface area contributed by atoms with Crippen molar-refractivity contribution in [2.75, 3.05) is 6.61 Å². The van der Waals surface area contributed by atoms with Crippen molar-refractivity contribution in [2.45, 2.75) is 103 Å². The van der Waals surface area contributed by atoms with Gasteiger partial charge >= 0.3 is 0 Å². The van der Waals surface area contributed by atoms with Crippen molar-refractivity contribution in [1.82, 2.24) is 0 Å². The van der Waals surface area contributed by atoms with E-state index in [0.29, 0.717) is 6.10 Å². The number of epoxide rings is 1. The van der Waals surface area contributed by atoms with E-state index in [0.717, 1.165) is 12.5 Å². The Kier molecular flexibility index (Phi) is 10.5. The summed E-state index contributed by atoms with van der Waals surface area (Å²) >= 11 is 0. The third-order valence-electron chi connectivity index (χ3n) is 4.21. The molecule has 1 atom stereocenters. The highest BCUT2D eigenvalue weighted by molar-refractivity contribution is 4.68. The van der Waals surface area contributed by atoms with Gasteiger partial charge in [-0.3, -0.25) is 0 Å². The molecule has 0 aromatic carbocycles. The van der Waals surface area contributed by atoms with Gasteiger partial charge in [0.1, 0.15) is 0 Å². The Labute approximate surface area is 121 Å². The van der Waals surface area contributed by atoms with Gasteiger partial charge in [-0.2, -0.15) is 0 Å². The van der Waals surface area contributed by atoms with Gasteiger partial charge in [0.2, 0.25) is 0 Å². The molecule has 0 aliphatic carbocycles. The third kappa shape index (κ3) is 12.7. The van der Waals surface area contributed by atoms with E-state index in [-0.39, 0.29) is 0 Å². The normalized spacial score (nSPS) is 18.2. The molecule has 0 aromatic rings. The lowest BCUT2D eigenvalue weighted by molar-refractivity contribution is 0.387. The van der Waals surface area contributed by atoms with Crippen LogP contribution in [0, 0.1) is 5.92 Å². The quantitative estimate of drug-likeness (QED) is 0.273. The zero-order chi connectivity index (χ0) is 13.8. The van der Waals surface area contributed by atoms with Crippen LogP contribution in [0.2, 0.25) is 0 Å². The van der Waals surface area contributed by atoms with Crippen LogP contribution in [0.25, 0.3) is 0 Å². The number of ether oxygens (including phenoxy) is 1. The van der Waals surface area contributed by atoms with E-state index >= 15 is 0 Å². The summed E-state index contributed by atoms with van der Waals surface area (Å²) < 4.78 is 5.22.